The highest BCUT2D eigenvalue weighted by Gasteiger charge is 2.13. The fraction of sp³-hybridized carbons (Fsp3) is 0.500. The summed E-state index contributed by atoms with van der Waals surface area (Å²) in [4.78, 5) is 11.7. The highest BCUT2D eigenvalue weighted by atomic mass is 16.5. The van der Waals surface area contributed by atoms with E-state index in [0.29, 0.717) is 5.69 Å². The number of nitrogens with one attached hydrogen (secondary N) is 1. The molecule has 0 saturated heterocycles. The molecule has 1 aromatic rings. The first-order valence-electron chi connectivity index (χ1n) is 6.39. The Balaban J connectivity index is 2.64. The van der Waals surface area contributed by atoms with Crippen LogP contribution in [0.3, 0.4) is 0 Å². The minimum Gasteiger partial charge on any atom is -0.491 e. The van der Waals surface area contributed by atoms with Crippen molar-refractivity contribution in [2.45, 2.75) is 32.4 Å². The zero-order valence-electron chi connectivity index (χ0n) is 11.7. The average Bonchev–Trinajstić information content (AvgIpc) is 2.39. The van der Waals surface area contributed by atoms with E-state index < -0.39 is 6.04 Å². The van der Waals surface area contributed by atoms with Crippen LogP contribution in [0.4, 0.5) is 5.69 Å². The SMILES string of the molecule is CCC(C)Oc1cccc(NC(=O)C(N)COC)c1. The van der Waals surface area contributed by atoms with E-state index in [0.717, 1.165) is 12.2 Å². The van der Waals surface area contributed by atoms with Crippen LogP contribution in [0.1, 0.15) is 20.3 Å². The van der Waals surface area contributed by atoms with Gasteiger partial charge in [0, 0.05) is 18.9 Å². The summed E-state index contributed by atoms with van der Waals surface area (Å²) in [5.74, 6) is 0.454. The van der Waals surface area contributed by atoms with Crippen LogP contribution in [0.2, 0.25) is 0 Å². The molecule has 1 amide bonds. The van der Waals surface area contributed by atoms with Gasteiger partial charge in [0.2, 0.25) is 5.91 Å². The van der Waals surface area contributed by atoms with Gasteiger partial charge in [0.1, 0.15) is 11.8 Å². The van der Waals surface area contributed by atoms with Crippen LogP contribution in [0.15, 0.2) is 24.3 Å². The molecule has 2 unspecified atom stereocenters. The van der Waals surface area contributed by atoms with Crippen molar-refractivity contribution >= 4 is 11.6 Å². The maximum absolute atomic E-state index is 11.7. The van der Waals surface area contributed by atoms with E-state index in [2.05, 4.69) is 12.2 Å². The summed E-state index contributed by atoms with van der Waals surface area (Å²) >= 11 is 0. The van der Waals surface area contributed by atoms with Crippen molar-refractivity contribution in [1.82, 2.24) is 0 Å². The molecular weight excluding hydrogens is 244 g/mol. The van der Waals surface area contributed by atoms with Gasteiger partial charge in [-0.3, -0.25) is 4.79 Å². The normalized spacial score (nSPS) is 13.7. The van der Waals surface area contributed by atoms with Gasteiger partial charge >= 0.3 is 0 Å². The Bertz CT molecular complexity index is 409. The lowest BCUT2D eigenvalue weighted by molar-refractivity contribution is -0.118. The van der Waals surface area contributed by atoms with E-state index in [-0.39, 0.29) is 18.6 Å². The smallest absolute Gasteiger partial charge is 0.243 e. The zero-order chi connectivity index (χ0) is 14.3. The number of rotatable bonds is 7. The second kappa shape index (κ2) is 7.76. The molecule has 3 N–H and O–H groups in total. The van der Waals surface area contributed by atoms with E-state index in [1.165, 1.54) is 7.11 Å². The van der Waals surface area contributed by atoms with Crippen molar-refractivity contribution in [3.8, 4) is 5.75 Å². The van der Waals surface area contributed by atoms with Crippen LogP contribution in [0, 0.1) is 0 Å². The van der Waals surface area contributed by atoms with Crippen LogP contribution in [0.25, 0.3) is 0 Å². The third-order valence-electron chi connectivity index (χ3n) is 2.70. The van der Waals surface area contributed by atoms with Crippen molar-refractivity contribution in [2.24, 2.45) is 5.73 Å². The molecule has 0 aliphatic heterocycles. The Morgan fingerprint density at radius 3 is 2.84 bits per heavy atom. The van der Waals surface area contributed by atoms with Crippen molar-refractivity contribution in [2.75, 3.05) is 19.0 Å². The number of methoxy groups -OCH3 is 1. The maximum atomic E-state index is 11.7. The summed E-state index contributed by atoms with van der Waals surface area (Å²) in [7, 11) is 1.51. The molecule has 0 bridgehead atoms. The number of carbonyl (C=O) groups excluding carboxylic acids is 1. The van der Waals surface area contributed by atoms with Crippen LogP contribution >= 0.6 is 0 Å². The standard InChI is InChI=1S/C14H22N2O3/c1-4-10(2)19-12-7-5-6-11(8-12)16-14(17)13(15)9-18-3/h5-8,10,13H,4,9,15H2,1-3H3,(H,16,17). The highest BCUT2D eigenvalue weighted by Crippen LogP contribution is 2.19. The Hall–Kier alpha value is -1.59. The number of ether oxygens (including phenoxy) is 2. The van der Waals surface area contributed by atoms with Crippen LogP contribution < -0.4 is 15.8 Å². The third kappa shape index (κ3) is 5.28. The first kappa shape index (κ1) is 15.5. The highest BCUT2D eigenvalue weighted by molar-refractivity contribution is 5.94. The molecule has 0 fully saturated rings. The van der Waals surface area contributed by atoms with Gasteiger partial charge in [-0.15, -0.1) is 0 Å². The summed E-state index contributed by atoms with van der Waals surface area (Å²) < 4.78 is 10.5. The second-order valence-corrected chi connectivity index (χ2v) is 4.42. The van der Waals surface area contributed by atoms with Crippen LogP contribution in [-0.2, 0) is 9.53 Å². The first-order chi connectivity index (χ1) is 9.06. The molecule has 5 heteroatoms. The average molecular weight is 266 g/mol. The summed E-state index contributed by atoms with van der Waals surface area (Å²) in [6.07, 6.45) is 1.07. The summed E-state index contributed by atoms with van der Waals surface area (Å²) in [6, 6.07) is 6.58. The van der Waals surface area contributed by atoms with Crippen molar-refractivity contribution in [3.05, 3.63) is 24.3 Å². The second-order valence-electron chi connectivity index (χ2n) is 4.42. The maximum Gasteiger partial charge on any atom is 0.243 e. The Kier molecular flexibility index (Phi) is 6.32. The first-order valence-corrected chi connectivity index (χ1v) is 6.39. The molecule has 0 heterocycles. The summed E-state index contributed by atoms with van der Waals surface area (Å²) in [5.41, 5.74) is 6.31. The molecule has 0 aliphatic carbocycles. The number of hydrogen-bond donors (Lipinski definition) is 2. The molecule has 1 aromatic carbocycles. The van der Waals surface area contributed by atoms with Gasteiger partial charge in [0.15, 0.2) is 0 Å². The molecular formula is C14H22N2O3. The predicted octanol–water partition coefficient (Wildman–Crippen LogP) is 1.78. The molecule has 0 radical (unpaired) electrons. The fourth-order valence-electron chi connectivity index (χ4n) is 1.45. The van der Waals surface area contributed by atoms with E-state index in [4.69, 9.17) is 15.2 Å². The van der Waals surface area contributed by atoms with E-state index in [1.807, 2.05) is 19.1 Å². The van der Waals surface area contributed by atoms with Crippen molar-refractivity contribution in [1.29, 1.82) is 0 Å². The Morgan fingerprint density at radius 1 is 1.47 bits per heavy atom. The van der Waals surface area contributed by atoms with Gasteiger partial charge in [0.25, 0.3) is 0 Å². The minimum absolute atomic E-state index is 0.140. The van der Waals surface area contributed by atoms with Gasteiger partial charge in [-0.05, 0) is 25.5 Å². The summed E-state index contributed by atoms with van der Waals surface area (Å²) in [5, 5.41) is 2.73. The molecule has 1 rings (SSSR count). The lowest BCUT2D eigenvalue weighted by Crippen LogP contribution is -2.39. The monoisotopic (exact) mass is 266 g/mol. The van der Waals surface area contributed by atoms with Gasteiger partial charge in [-0.25, -0.2) is 0 Å². The predicted molar refractivity (Wildman–Crippen MR) is 75.3 cm³/mol. The number of anilines is 1. The molecule has 0 spiro atoms. The molecule has 0 aliphatic rings. The molecule has 0 aromatic heterocycles. The van der Waals surface area contributed by atoms with Gasteiger partial charge in [-0.2, -0.15) is 0 Å². The number of benzene rings is 1. The molecule has 2 atom stereocenters. The fourth-order valence-corrected chi connectivity index (χ4v) is 1.45. The quantitative estimate of drug-likeness (QED) is 0.789. The zero-order valence-corrected chi connectivity index (χ0v) is 11.7. The summed E-state index contributed by atoms with van der Waals surface area (Å²) in [6.45, 7) is 4.24. The van der Waals surface area contributed by atoms with Gasteiger partial charge in [-0.1, -0.05) is 13.0 Å². The molecule has 19 heavy (non-hydrogen) atoms. The van der Waals surface area contributed by atoms with E-state index in [1.54, 1.807) is 12.1 Å². The lowest BCUT2D eigenvalue weighted by Gasteiger charge is -2.15. The molecule has 0 saturated carbocycles. The van der Waals surface area contributed by atoms with Gasteiger partial charge < -0.3 is 20.5 Å². The van der Waals surface area contributed by atoms with E-state index >= 15 is 0 Å². The largest absolute Gasteiger partial charge is 0.491 e. The van der Waals surface area contributed by atoms with Gasteiger partial charge in [0.05, 0.1) is 12.7 Å². The number of amides is 1. The van der Waals surface area contributed by atoms with Crippen molar-refractivity contribution in [3.63, 3.8) is 0 Å². The topological polar surface area (TPSA) is 73.6 Å². The lowest BCUT2D eigenvalue weighted by atomic mass is 10.2. The van der Waals surface area contributed by atoms with Crippen LogP contribution in [-0.4, -0.2) is 31.8 Å². The van der Waals surface area contributed by atoms with Crippen molar-refractivity contribution < 1.29 is 14.3 Å². The number of carbonyl (C=O) groups is 1. The Labute approximate surface area is 114 Å². The minimum atomic E-state index is -0.677. The van der Waals surface area contributed by atoms with E-state index in [9.17, 15) is 4.79 Å². The molecule has 106 valence electrons. The number of hydrogen-bond acceptors (Lipinski definition) is 4. The third-order valence-corrected chi connectivity index (χ3v) is 2.70. The molecule has 5 nitrogen and oxygen atoms in total. The Morgan fingerprint density at radius 2 is 2.21 bits per heavy atom. The number of nitrogens with two attached hydrogens (primary N) is 1. The van der Waals surface area contributed by atoms with Crippen LogP contribution in [0.5, 0.6) is 5.75 Å².